The summed E-state index contributed by atoms with van der Waals surface area (Å²) in [6, 6.07) is 4.23. The largest absolute Gasteiger partial charge is 0.486 e. The number of benzene rings is 2. The second-order valence-corrected chi connectivity index (χ2v) is 5.04. The first-order valence-corrected chi connectivity index (χ1v) is 7.03. The number of rotatable bonds is 3. The second-order valence-electron chi connectivity index (χ2n) is 5.04. The van der Waals surface area contributed by atoms with Crippen molar-refractivity contribution in [3.8, 4) is 11.5 Å². The van der Waals surface area contributed by atoms with Gasteiger partial charge in [0.1, 0.15) is 13.2 Å². The van der Waals surface area contributed by atoms with E-state index in [1.807, 2.05) is 0 Å². The lowest BCUT2D eigenvalue weighted by molar-refractivity contribution is 0.104. The molecular weight excluding hydrogens is 347 g/mol. The molecule has 0 spiro atoms. The summed E-state index contributed by atoms with van der Waals surface area (Å²) < 4.78 is 76.9. The van der Waals surface area contributed by atoms with Gasteiger partial charge in [-0.25, -0.2) is 22.0 Å². The number of allylic oxidation sites excluding steroid dienone is 1. The highest BCUT2D eigenvalue weighted by atomic mass is 19.2. The fourth-order valence-corrected chi connectivity index (χ4v) is 2.22. The molecule has 130 valence electrons. The maximum Gasteiger partial charge on any atom is 0.200 e. The number of hydrogen-bond donors (Lipinski definition) is 0. The average Bonchev–Trinajstić information content (AvgIpc) is 2.64. The van der Waals surface area contributed by atoms with Crippen LogP contribution in [-0.4, -0.2) is 19.0 Å². The van der Waals surface area contributed by atoms with Gasteiger partial charge in [-0.3, -0.25) is 4.79 Å². The van der Waals surface area contributed by atoms with E-state index in [9.17, 15) is 26.7 Å². The molecule has 3 nitrogen and oxygen atoms in total. The van der Waals surface area contributed by atoms with Gasteiger partial charge in [0.05, 0.1) is 5.56 Å². The predicted molar refractivity (Wildman–Crippen MR) is 77.0 cm³/mol. The van der Waals surface area contributed by atoms with Crippen LogP contribution in [0.2, 0.25) is 0 Å². The quantitative estimate of drug-likeness (QED) is 0.274. The molecule has 1 heterocycles. The number of ketones is 1. The highest BCUT2D eigenvalue weighted by Crippen LogP contribution is 2.31. The first kappa shape index (κ1) is 16.9. The molecule has 25 heavy (non-hydrogen) atoms. The lowest BCUT2D eigenvalue weighted by atomic mass is 10.1. The van der Waals surface area contributed by atoms with Crippen LogP contribution >= 0.6 is 0 Å². The van der Waals surface area contributed by atoms with Crippen molar-refractivity contribution in [2.75, 3.05) is 13.2 Å². The molecule has 0 aliphatic carbocycles. The Morgan fingerprint density at radius 2 is 1.40 bits per heavy atom. The van der Waals surface area contributed by atoms with Crippen molar-refractivity contribution in [1.82, 2.24) is 0 Å². The molecule has 0 atom stereocenters. The first-order valence-electron chi connectivity index (χ1n) is 7.03. The summed E-state index contributed by atoms with van der Waals surface area (Å²) in [4.78, 5) is 12.1. The Hall–Kier alpha value is -2.90. The third-order valence-corrected chi connectivity index (χ3v) is 3.47. The van der Waals surface area contributed by atoms with E-state index < -0.39 is 40.4 Å². The fraction of sp³-hybridized carbons (Fsp3) is 0.118. The van der Waals surface area contributed by atoms with Crippen LogP contribution in [0, 0.1) is 29.1 Å². The van der Waals surface area contributed by atoms with Crippen molar-refractivity contribution < 1.29 is 36.2 Å². The van der Waals surface area contributed by atoms with Crippen LogP contribution in [0.1, 0.15) is 15.9 Å². The zero-order valence-corrected chi connectivity index (χ0v) is 12.4. The zero-order chi connectivity index (χ0) is 18.1. The molecule has 0 N–H and O–H groups in total. The number of halogens is 5. The van der Waals surface area contributed by atoms with Gasteiger partial charge in [-0.05, 0) is 30.4 Å². The van der Waals surface area contributed by atoms with Crippen molar-refractivity contribution in [2.45, 2.75) is 0 Å². The number of ether oxygens (including phenoxy) is 2. The summed E-state index contributed by atoms with van der Waals surface area (Å²) in [7, 11) is 0. The minimum Gasteiger partial charge on any atom is -0.486 e. The molecular formula is C17H9F5O3. The monoisotopic (exact) mass is 356 g/mol. The number of carbonyl (C=O) groups is 1. The van der Waals surface area contributed by atoms with E-state index in [2.05, 4.69) is 0 Å². The zero-order valence-electron chi connectivity index (χ0n) is 12.4. The Bertz CT molecular complexity index is 863. The van der Waals surface area contributed by atoms with E-state index in [4.69, 9.17) is 9.47 Å². The number of hydrogen-bond acceptors (Lipinski definition) is 3. The molecule has 0 saturated carbocycles. The maximum atomic E-state index is 13.6. The Labute approximate surface area is 138 Å². The van der Waals surface area contributed by atoms with E-state index >= 15 is 0 Å². The van der Waals surface area contributed by atoms with Crippen LogP contribution in [0.5, 0.6) is 11.5 Å². The molecule has 0 fully saturated rings. The Morgan fingerprint density at radius 3 is 2.04 bits per heavy atom. The summed E-state index contributed by atoms with van der Waals surface area (Å²) in [5.74, 6) is -10.4. The van der Waals surface area contributed by atoms with E-state index in [1.165, 1.54) is 18.2 Å². The molecule has 8 heteroatoms. The van der Waals surface area contributed by atoms with Gasteiger partial charge in [-0.2, -0.15) is 0 Å². The van der Waals surface area contributed by atoms with Gasteiger partial charge >= 0.3 is 0 Å². The van der Waals surface area contributed by atoms with Gasteiger partial charge in [-0.1, -0.05) is 0 Å². The van der Waals surface area contributed by atoms with Crippen LogP contribution in [0.3, 0.4) is 0 Å². The molecule has 1 aliphatic rings. The van der Waals surface area contributed by atoms with Crippen LogP contribution in [0.15, 0.2) is 24.3 Å². The summed E-state index contributed by atoms with van der Waals surface area (Å²) in [6.07, 6.45) is 1.25. The van der Waals surface area contributed by atoms with Gasteiger partial charge in [0, 0.05) is 5.56 Å². The average molecular weight is 356 g/mol. The topological polar surface area (TPSA) is 35.5 Å². The van der Waals surface area contributed by atoms with Gasteiger partial charge < -0.3 is 9.47 Å². The molecule has 1 aliphatic heterocycles. The summed E-state index contributed by atoms with van der Waals surface area (Å²) in [5.41, 5.74) is -1.09. The standard InChI is InChI=1S/C17H9F5O3/c18-13-9(14(19)16(21)17(22)15(13)20)2-3-10(23)8-1-4-11-12(7-8)25-6-5-24-11/h1-4,7H,5-6H2/b3-2+. The van der Waals surface area contributed by atoms with E-state index in [0.29, 0.717) is 36.9 Å². The van der Waals surface area contributed by atoms with Crippen molar-refractivity contribution >= 4 is 11.9 Å². The lowest BCUT2D eigenvalue weighted by Gasteiger charge is -2.18. The first-order chi connectivity index (χ1) is 11.9. The summed E-state index contributed by atoms with van der Waals surface area (Å²) >= 11 is 0. The molecule has 0 unspecified atom stereocenters. The lowest BCUT2D eigenvalue weighted by Crippen LogP contribution is -2.15. The van der Waals surface area contributed by atoms with Gasteiger partial charge in [0.2, 0.25) is 5.82 Å². The van der Waals surface area contributed by atoms with Crippen LogP contribution < -0.4 is 9.47 Å². The molecule has 3 rings (SSSR count). The highest BCUT2D eigenvalue weighted by molar-refractivity contribution is 6.07. The van der Waals surface area contributed by atoms with E-state index in [-0.39, 0.29) is 5.56 Å². The molecule has 2 aromatic rings. The van der Waals surface area contributed by atoms with Gasteiger partial charge in [0.25, 0.3) is 0 Å². The molecule has 0 saturated heterocycles. The smallest absolute Gasteiger partial charge is 0.200 e. The fourth-order valence-electron chi connectivity index (χ4n) is 2.22. The predicted octanol–water partition coefficient (Wildman–Crippen LogP) is 4.05. The van der Waals surface area contributed by atoms with Crippen molar-refractivity contribution in [3.63, 3.8) is 0 Å². The maximum absolute atomic E-state index is 13.6. The normalized spacial score (nSPS) is 13.3. The van der Waals surface area contributed by atoms with Crippen LogP contribution in [-0.2, 0) is 0 Å². The Kier molecular flexibility index (Phi) is 4.43. The number of fused-ring (bicyclic) bond motifs is 1. The van der Waals surface area contributed by atoms with Crippen LogP contribution in [0.25, 0.3) is 6.08 Å². The molecule has 0 radical (unpaired) electrons. The Morgan fingerprint density at radius 1 is 0.840 bits per heavy atom. The van der Waals surface area contributed by atoms with Crippen LogP contribution in [0.4, 0.5) is 22.0 Å². The highest BCUT2D eigenvalue weighted by Gasteiger charge is 2.24. The van der Waals surface area contributed by atoms with Gasteiger partial charge in [-0.15, -0.1) is 0 Å². The SMILES string of the molecule is O=C(/C=C/c1c(F)c(F)c(F)c(F)c1F)c1ccc2c(c1)OCCO2. The van der Waals surface area contributed by atoms with Gasteiger partial charge in [0.15, 0.2) is 40.6 Å². The van der Waals surface area contributed by atoms with Crippen molar-refractivity contribution in [1.29, 1.82) is 0 Å². The van der Waals surface area contributed by atoms with Crippen molar-refractivity contribution in [2.24, 2.45) is 0 Å². The minimum absolute atomic E-state index is 0.101. The van der Waals surface area contributed by atoms with E-state index in [0.717, 1.165) is 0 Å². The minimum atomic E-state index is -2.26. The summed E-state index contributed by atoms with van der Waals surface area (Å²) in [5, 5.41) is 0. The summed E-state index contributed by atoms with van der Waals surface area (Å²) in [6.45, 7) is 0.658. The molecule has 0 aromatic heterocycles. The Balaban J connectivity index is 1.91. The van der Waals surface area contributed by atoms with E-state index in [1.54, 1.807) is 0 Å². The third kappa shape index (κ3) is 3.07. The molecule has 2 aromatic carbocycles. The number of carbonyl (C=O) groups excluding carboxylic acids is 1. The second kappa shape index (κ2) is 6.54. The molecule has 0 amide bonds. The third-order valence-electron chi connectivity index (χ3n) is 3.47. The molecule has 0 bridgehead atoms. The van der Waals surface area contributed by atoms with Crippen molar-refractivity contribution in [3.05, 3.63) is 64.5 Å².